The van der Waals surface area contributed by atoms with Crippen molar-refractivity contribution in [2.75, 3.05) is 0 Å². The van der Waals surface area contributed by atoms with Crippen LogP contribution in [0.1, 0.15) is 70.7 Å². The summed E-state index contributed by atoms with van der Waals surface area (Å²) >= 11 is 5.40. The molecular weight excluding hydrogens is 330 g/mol. The van der Waals surface area contributed by atoms with Crippen LogP contribution in [-0.2, 0) is 0 Å². The third-order valence-corrected chi connectivity index (χ3v) is 7.06. The maximum absolute atomic E-state index is 3.83. The summed E-state index contributed by atoms with van der Waals surface area (Å²) < 4.78 is 1.23. The van der Waals surface area contributed by atoms with Crippen molar-refractivity contribution in [2.24, 2.45) is 11.3 Å². The van der Waals surface area contributed by atoms with Crippen LogP contribution in [0.2, 0.25) is 0 Å². The first kappa shape index (κ1) is 16.5. The smallest absolute Gasteiger partial charge is 0.0701 e. The fourth-order valence-electron chi connectivity index (χ4n) is 3.33. The predicted molar refractivity (Wildman–Crippen MR) is 93.4 cm³/mol. The van der Waals surface area contributed by atoms with Gasteiger partial charge in [0.15, 0.2) is 0 Å². The lowest BCUT2D eigenvalue weighted by Gasteiger charge is -2.39. The summed E-state index contributed by atoms with van der Waals surface area (Å²) in [4.78, 5) is 1.44. The summed E-state index contributed by atoms with van der Waals surface area (Å²) in [5, 5.41) is 3.83. The van der Waals surface area contributed by atoms with E-state index in [-0.39, 0.29) is 0 Å². The molecule has 0 radical (unpaired) electrons. The van der Waals surface area contributed by atoms with Crippen LogP contribution in [-0.4, -0.2) is 6.04 Å². The van der Waals surface area contributed by atoms with Crippen molar-refractivity contribution < 1.29 is 0 Å². The lowest BCUT2D eigenvalue weighted by atomic mass is 9.69. The molecule has 114 valence electrons. The molecule has 1 N–H and O–H groups in total. The Morgan fingerprint density at radius 2 is 1.95 bits per heavy atom. The van der Waals surface area contributed by atoms with Gasteiger partial charge in [-0.2, -0.15) is 0 Å². The van der Waals surface area contributed by atoms with Crippen LogP contribution in [0.4, 0.5) is 0 Å². The van der Waals surface area contributed by atoms with Crippen LogP contribution in [0.5, 0.6) is 0 Å². The van der Waals surface area contributed by atoms with Crippen molar-refractivity contribution in [2.45, 2.75) is 71.9 Å². The fourth-order valence-corrected chi connectivity index (χ4v) is 4.76. The van der Waals surface area contributed by atoms with Gasteiger partial charge in [-0.1, -0.05) is 27.2 Å². The monoisotopic (exact) mass is 357 g/mol. The molecule has 2 rings (SSSR count). The van der Waals surface area contributed by atoms with Gasteiger partial charge in [-0.05, 0) is 72.0 Å². The van der Waals surface area contributed by atoms with Crippen LogP contribution < -0.4 is 5.32 Å². The van der Waals surface area contributed by atoms with E-state index in [4.69, 9.17) is 0 Å². The molecule has 1 nitrogen and oxygen atoms in total. The zero-order valence-electron chi connectivity index (χ0n) is 13.2. The summed E-state index contributed by atoms with van der Waals surface area (Å²) in [6, 6.07) is 5.57. The van der Waals surface area contributed by atoms with E-state index in [1.807, 2.05) is 11.3 Å². The maximum atomic E-state index is 3.83. The van der Waals surface area contributed by atoms with Crippen molar-refractivity contribution in [3.05, 3.63) is 20.8 Å². The average molecular weight is 358 g/mol. The van der Waals surface area contributed by atoms with E-state index in [0.717, 1.165) is 5.92 Å². The molecule has 1 heterocycles. The van der Waals surface area contributed by atoms with E-state index in [0.29, 0.717) is 17.5 Å². The number of nitrogens with one attached hydrogen (secondary N) is 1. The van der Waals surface area contributed by atoms with Gasteiger partial charge in [0.1, 0.15) is 0 Å². The first-order chi connectivity index (χ1) is 9.42. The van der Waals surface area contributed by atoms with Gasteiger partial charge in [0, 0.05) is 17.0 Å². The molecule has 0 spiro atoms. The second kappa shape index (κ2) is 6.93. The summed E-state index contributed by atoms with van der Waals surface area (Å²) in [6.07, 6.45) is 6.75. The van der Waals surface area contributed by atoms with Crippen molar-refractivity contribution in [1.82, 2.24) is 5.32 Å². The predicted octanol–water partition coefficient (Wildman–Crippen LogP) is 6.16. The standard InChI is InChI=1S/C17H28BrNS/c1-5-17(3,4)13-6-8-14(9-7-13)19-12(2)15-10-11-16(18)20-15/h10-14,19H,5-9H2,1-4H3. The Labute approximate surface area is 136 Å². The quantitative estimate of drug-likeness (QED) is 0.665. The molecule has 1 saturated carbocycles. The number of rotatable bonds is 5. The Kier molecular flexibility index (Phi) is 5.72. The molecule has 1 aliphatic carbocycles. The summed E-state index contributed by atoms with van der Waals surface area (Å²) in [7, 11) is 0. The van der Waals surface area contributed by atoms with Crippen LogP contribution in [0.25, 0.3) is 0 Å². The number of hydrogen-bond acceptors (Lipinski definition) is 2. The molecule has 0 amide bonds. The van der Waals surface area contributed by atoms with E-state index in [1.54, 1.807) is 0 Å². The molecule has 0 bridgehead atoms. The normalized spacial score (nSPS) is 25.6. The van der Waals surface area contributed by atoms with Crippen LogP contribution >= 0.6 is 27.3 Å². The summed E-state index contributed by atoms with van der Waals surface area (Å²) in [5.74, 6) is 0.914. The molecule has 3 heteroatoms. The van der Waals surface area contributed by atoms with Crippen molar-refractivity contribution in [1.29, 1.82) is 0 Å². The number of thiophene rings is 1. The molecule has 0 aliphatic heterocycles. The lowest BCUT2D eigenvalue weighted by Crippen LogP contribution is -2.37. The van der Waals surface area contributed by atoms with Crippen molar-refractivity contribution in [3.63, 3.8) is 0 Å². The van der Waals surface area contributed by atoms with Crippen molar-refractivity contribution in [3.8, 4) is 0 Å². The van der Waals surface area contributed by atoms with Gasteiger partial charge in [-0.3, -0.25) is 0 Å². The highest BCUT2D eigenvalue weighted by Crippen LogP contribution is 2.40. The van der Waals surface area contributed by atoms with E-state index in [2.05, 4.69) is 61.1 Å². The molecule has 1 aliphatic rings. The highest BCUT2D eigenvalue weighted by molar-refractivity contribution is 9.11. The maximum Gasteiger partial charge on any atom is 0.0701 e. The van der Waals surface area contributed by atoms with Crippen LogP contribution in [0, 0.1) is 11.3 Å². The minimum atomic E-state index is 0.479. The molecule has 0 aromatic carbocycles. The lowest BCUT2D eigenvalue weighted by molar-refractivity contribution is 0.134. The molecule has 1 fully saturated rings. The third kappa shape index (κ3) is 4.08. The van der Waals surface area contributed by atoms with Gasteiger partial charge in [0.05, 0.1) is 3.79 Å². The topological polar surface area (TPSA) is 12.0 Å². The Morgan fingerprint density at radius 1 is 1.30 bits per heavy atom. The SMILES string of the molecule is CCC(C)(C)C1CCC(NC(C)c2ccc(Br)s2)CC1. The zero-order valence-corrected chi connectivity index (χ0v) is 15.6. The molecule has 1 aromatic rings. The molecule has 1 atom stereocenters. The van der Waals surface area contributed by atoms with E-state index < -0.39 is 0 Å². The minimum Gasteiger partial charge on any atom is -0.307 e. The second-order valence-electron chi connectivity index (χ2n) is 6.92. The summed E-state index contributed by atoms with van der Waals surface area (Å²) in [6.45, 7) is 9.51. The minimum absolute atomic E-state index is 0.479. The molecule has 20 heavy (non-hydrogen) atoms. The van der Waals surface area contributed by atoms with Gasteiger partial charge >= 0.3 is 0 Å². The van der Waals surface area contributed by atoms with Crippen LogP contribution in [0.3, 0.4) is 0 Å². The highest BCUT2D eigenvalue weighted by atomic mass is 79.9. The van der Waals surface area contributed by atoms with Gasteiger partial charge in [-0.25, -0.2) is 0 Å². The fraction of sp³-hybridized carbons (Fsp3) is 0.765. The number of halogens is 1. The van der Waals surface area contributed by atoms with Gasteiger partial charge in [0.2, 0.25) is 0 Å². The highest BCUT2D eigenvalue weighted by Gasteiger charge is 2.32. The average Bonchev–Trinajstić information content (AvgIpc) is 2.86. The Bertz CT molecular complexity index is 418. The van der Waals surface area contributed by atoms with Crippen LogP contribution in [0.15, 0.2) is 15.9 Å². The molecule has 1 aromatic heterocycles. The summed E-state index contributed by atoms with van der Waals surface area (Å²) in [5.41, 5.74) is 0.523. The molecular formula is C17H28BrNS. The first-order valence-corrected chi connectivity index (χ1v) is 9.54. The Balaban J connectivity index is 1.82. The van der Waals surface area contributed by atoms with Gasteiger partial charge in [-0.15, -0.1) is 11.3 Å². The van der Waals surface area contributed by atoms with Gasteiger partial charge < -0.3 is 5.32 Å². The Morgan fingerprint density at radius 3 is 2.45 bits per heavy atom. The number of hydrogen-bond donors (Lipinski definition) is 1. The zero-order chi connectivity index (χ0) is 14.8. The largest absolute Gasteiger partial charge is 0.307 e. The Hall–Kier alpha value is 0.140. The molecule has 1 unspecified atom stereocenters. The van der Waals surface area contributed by atoms with E-state index in [1.165, 1.54) is 40.8 Å². The van der Waals surface area contributed by atoms with Gasteiger partial charge in [0.25, 0.3) is 0 Å². The molecule has 0 saturated heterocycles. The van der Waals surface area contributed by atoms with E-state index in [9.17, 15) is 0 Å². The third-order valence-electron chi connectivity index (χ3n) is 5.25. The second-order valence-corrected chi connectivity index (χ2v) is 9.42. The first-order valence-electron chi connectivity index (χ1n) is 7.93. The van der Waals surface area contributed by atoms with Crippen molar-refractivity contribution >= 4 is 27.3 Å². The van der Waals surface area contributed by atoms with E-state index >= 15 is 0 Å².